The maximum absolute atomic E-state index is 12.7. The van der Waals surface area contributed by atoms with Gasteiger partial charge in [-0.1, -0.05) is 0 Å². The van der Waals surface area contributed by atoms with Gasteiger partial charge in [-0.3, -0.25) is 4.72 Å². The molecule has 2 aromatic rings. The van der Waals surface area contributed by atoms with E-state index >= 15 is 0 Å². The van der Waals surface area contributed by atoms with E-state index in [1.807, 2.05) is 25.1 Å². The van der Waals surface area contributed by atoms with E-state index < -0.39 is 10.0 Å². The first-order valence-electron chi connectivity index (χ1n) is 9.98. The molecule has 0 aromatic heterocycles. The van der Waals surface area contributed by atoms with Crippen LogP contribution in [0.3, 0.4) is 0 Å². The minimum Gasteiger partial charge on any atom is -0.489 e. The first-order chi connectivity index (χ1) is 13.9. The molecule has 2 aliphatic rings. The lowest BCUT2D eigenvalue weighted by Crippen LogP contribution is -2.38. The van der Waals surface area contributed by atoms with Crippen LogP contribution >= 0.6 is 0 Å². The summed E-state index contributed by atoms with van der Waals surface area (Å²) in [7, 11) is 0.173. The van der Waals surface area contributed by atoms with Crippen molar-refractivity contribution in [3.63, 3.8) is 0 Å². The van der Waals surface area contributed by atoms with Gasteiger partial charge in [-0.15, -0.1) is 0 Å². The highest BCUT2D eigenvalue weighted by atomic mass is 32.2. The number of benzene rings is 2. The third kappa shape index (κ3) is 4.76. The topological polar surface area (TPSA) is 73.9 Å². The predicted octanol–water partition coefficient (Wildman–Crippen LogP) is 2.50. The number of anilines is 3. The summed E-state index contributed by atoms with van der Waals surface area (Å²) < 4.78 is 33.9. The highest BCUT2D eigenvalue weighted by molar-refractivity contribution is 7.92. The Hall–Kier alpha value is -2.45. The predicted molar refractivity (Wildman–Crippen MR) is 117 cm³/mol. The Kier molecular flexibility index (Phi) is 5.56. The molecule has 29 heavy (non-hydrogen) atoms. The van der Waals surface area contributed by atoms with Crippen LogP contribution in [0.2, 0.25) is 0 Å². The molecule has 0 amide bonds. The molecule has 0 unspecified atom stereocenters. The molecule has 1 aliphatic carbocycles. The Morgan fingerprint density at radius 1 is 1.14 bits per heavy atom. The number of fused-ring (bicyclic) bond motifs is 1. The van der Waals surface area contributed by atoms with Gasteiger partial charge >= 0.3 is 0 Å². The van der Waals surface area contributed by atoms with E-state index in [2.05, 4.69) is 14.9 Å². The standard InChI is InChI=1S/C21H28N4O3S/c1-24(2)18-6-8-19(9-7-18)29(26,27)23-17-5-10-20-21(15-17)28-14-13-25(20)12-11-22-16-3-4-16/h5-10,15-16,22-23H,3-4,11-14H2,1-2H3. The van der Waals surface area contributed by atoms with Crippen molar-refractivity contribution in [3.05, 3.63) is 42.5 Å². The molecule has 0 saturated heterocycles. The summed E-state index contributed by atoms with van der Waals surface area (Å²) >= 11 is 0. The molecule has 0 radical (unpaired) electrons. The Bertz CT molecular complexity index is 956. The van der Waals surface area contributed by atoms with Crippen LogP contribution in [0, 0.1) is 0 Å². The van der Waals surface area contributed by atoms with E-state index in [4.69, 9.17) is 4.74 Å². The van der Waals surface area contributed by atoms with Gasteiger partial charge in [0.2, 0.25) is 0 Å². The highest BCUT2D eigenvalue weighted by Gasteiger charge is 2.23. The molecule has 1 aliphatic heterocycles. The first-order valence-corrected chi connectivity index (χ1v) is 11.5. The van der Waals surface area contributed by atoms with Crippen LogP contribution in [0.25, 0.3) is 0 Å². The van der Waals surface area contributed by atoms with Crippen molar-refractivity contribution in [1.82, 2.24) is 5.32 Å². The summed E-state index contributed by atoms with van der Waals surface area (Å²) in [5, 5.41) is 3.53. The Morgan fingerprint density at radius 2 is 1.90 bits per heavy atom. The molecular formula is C21H28N4O3S. The maximum atomic E-state index is 12.7. The third-order valence-electron chi connectivity index (χ3n) is 5.23. The summed E-state index contributed by atoms with van der Waals surface area (Å²) in [6.45, 7) is 3.29. The second kappa shape index (κ2) is 8.12. The number of hydrogen-bond donors (Lipinski definition) is 2. The normalized spacial score (nSPS) is 16.1. The molecule has 1 heterocycles. The number of nitrogens with zero attached hydrogens (tertiary/aromatic N) is 2. The van der Waals surface area contributed by atoms with Crippen molar-refractivity contribution in [1.29, 1.82) is 0 Å². The minimum atomic E-state index is -3.66. The number of rotatable bonds is 8. The largest absolute Gasteiger partial charge is 0.489 e. The Balaban J connectivity index is 1.46. The van der Waals surface area contributed by atoms with Gasteiger partial charge in [-0.05, 0) is 49.2 Å². The number of nitrogens with one attached hydrogen (secondary N) is 2. The molecule has 0 atom stereocenters. The zero-order valence-corrected chi connectivity index (χ0v) is 17.7. The van der Waals surface area contributed by atoms with Crippen LogP contribution in [-0.2, 0) is 10.0 Å². The van der Waals surface area contributed by atoms with E-state index in [0.29, 0.717) is 24.1 Å². The lowest BCUT2D eigenvalue weighted by atomic mass is 10.2. The fourth-order valence-electron chi connectivity index (χ4n) is 3.40. The molecular weight excluding hydrogens is 388 g/mol. The Labute approximate surface area is 172 Å². The molecule has 4 rings (SSSR count). The average molecular weight is 417 g/mol. The van der Waals surface area contributed by atoms with Gasteiger partial charge in [0, 0.05) is 45.0 Å². The van der Waals surface area contributed by atoms with Crippen LogP contribution in [0.15, 0.2) is 47.4 Å². The molecule has 1 fully saturated rings. The van der Waals surface area contributed by atoms with Gasteiger partial charge in [0.1, 0.15) is 12.4 Å². The molecule has 156 valence electrons. The summed E-state index contributed by atoms with van der Waals surface area (Å²) in [6.07, 6.45) is 2.56. The van der Waals surface area contributed by atoms with Crippen LogP contribution in [0.4, 0.5) is 17.1 Å². The van der Waals surface area contributed by atoms with Gasteiger partial charge in [0.25, 0.3) is 10.0 Å². The first kappa shape index (κ1) is 19.8. The van der Waals surface area contributed by atoms with E-state index in [1.165, 1.54) is 12.8 Å². The maximum Gasteiger partial charge on any atom is 0.261 e. The monoisotopic (exact) mass is 416 g/mol. The van der Waals surface area contributed by atoms with E-state index in [0.717, 1.165) is 31.0 Å². The van der Waals surface area contributed by atoms with Gasteiger partial charge in [-0.25, -0.2) is 8.42 Å². The van der Waals surface area contributed by atoms with Gasteiger partial charge in [0.05, 0.1) is 22.8 Å². The lowest BCUT2D eigenvalue weighted by molar-refractivity contribution is 0.307. The molecule has 8 heteroatoms. The number of sulfonamides is 1. The van der Waals surface area contributed by atoms with Crippen molar-refractivity contribution >= 4 is 27.1 Å². The summed E-state index contributed by atoms with van der Waals surface area (Å²) in [4.78, 5) is 4.44. The summed E-state index contributed by atoms with van der Waals surface area (Å²) in [6, 6.07) is 13.0. The van der Waals surface area contributed by atoms with E-state index in [9.17, 15) is 8.42 Å². The fraction of sp³-hybridized carbons (Fsp3) is 0.429. The molecule has 2 aromatic carbocycles. The second-order valence-electron chi connectivity index (χ2n) is 7.74. The van der Waals surface area contributed by atoms with Crippen molar-refractivity contribution in [3.8, 4) is 5.75 Å². The van der Waals surface area contributed by atoms with Crippen molar-refractivity contribution in [2.24, 2.45) is 0 Å². The third-order valence-corrected chi connectivity index (χ3v) is 6.62. The van der Waals surface area contributed by atoms with Crippen LogP contribution in [-0.4, -0.2) is 54.8 Å². The quantitative estimate of drug-likeness (QED) is 0.689. The van der Waals surface area contributed by atoms with E-state index in [-0.39, 0.29) is 4.90 Å². The zero-order valence-electron chi connectivity index (χ0n) is 16.9. The van der Waals surface area contributed by atoms with Crippen LogP contribution in [0.1, 0.15) is 12.8 Å². The summed E-state index contributed by atoms with van der Waals surface area (Å²) in [5.74, 6) is 0.714. The van der Waals surface area contributed by atoms with Crippen LogP contribution < -0.4 is 24.6 Å². The number of ether oxygens (including phenoxy) is 1. The number of hydrogen-bond acceptors (Lipinski definition) is 6. The fourth-order valence-corrected chi connectivity index (χ4v) is 4.45. The lowest BCUT2D eigenvalue weighted by Gasteiger charge is -2.31. The smallest absolute Gasteiger partial charge is 0.261 e. The van der Waals surface area contributed by atoms with Gasteiger partial charge in [0.15, 0.2) is 0 Å². The van der Waals surface area contributed by atoms with Crippen LogP contribution in [0.5, 0.6) is 5.75 Å². The van der Waals surface area contributed by atoms with Crippen molar-refractivity contribution in [2.45, 2.75) is 23.8 Å². The molecule has 0 bridgehead atoms. The van der Waals surface area contributed by atoms with Gasteiger partial charge < -0.3 is 19.9 Å². The molecule has 2 N–H and O–H groups in total. The molecule has 1 saturated carbocycles. The van der Waals surface area contributed by atoms with Crippen molar-refractivity contribution < 1.29 is 13.2 Å². The average Bonchev–Trinajstić information content (AvgIpc) is 3.52. The molecule has 0 spiro atoms. The molecule has 7 nitrogen and oxygen atoms in total. The zero-order chi connectivity index (χ0) is 20.4. The highest BCUT2D eigenvalue weighted by Crippen LogP contribution is 2.34. The minimum absolute atomic E-state index is 0.231. The summed E-state index contributed by atoms with van der Waals surface area (Å²) in [5.41, 5.74) is 2.45. The Morgan fingerprint density at radius 3 is 2.59 bits per heavy atom. The second-order valence-corrected chi connectivity index (χ2v) is 9.42. The van der Waals surface area contributed by atoms with Gasteiger partial charge in [-0.2, -0.15) is 0 Å². The van der Waals surface area contributed by atoms with Crippen molar-refractivity contribution in [2.75, 3.05) is 54.9 Å². The van der Waals surface area contributed by atoms with E-state index in [1.54, 1.807) is 36.4 Å². The SMILES string of the molecule is CN(C)c1ccc(S(=O)(=O)Nc2ccc3c(c2)OCCN3CCNC2CC2)cc1.